The fourth-order valence-electron chi connectivity index (χ4n) is 3.21. The molecule has 0 aliphatic carbocycles. The number of benzene rings is 2. The number of hydrogen-bond acceptors (Lipinski definition) is 3. The molecule has 0 fully saturated rings. The summed E-state index contributed by atoms with van der Waals surface area (Å²) in [7, 11) is 5.12. The summed E-state index contributed by atoms with van der Waals surface area (Å²) in [6.07, 6.45) is 0.820. The second-order valence-corrected chi connectivity index (χ2v) is 6.27. The number of rotatable bonds is 4. The van der Waals surface area contributed by atoms with Crippen LogP contribution >= 0.6 is 0 Å². The molecule has 132 valence electrons. The SMILES string of the molecule is COc1cc2c(cc1OC)CN(C(=O)N(C)Cc1ccccc1)CC2. The smallest absolute Gasteiger partial charge is 0.320 e. The van der Waals surface area contributed by atoms with Crippen molar-refractivity contribution in [3.63, 3.8) is 0 Å². The van der Waals surface area contributed by atoms with Gasteiger partial charge >= 0.3 is 6.03 Å². The highest BCUT2D eigenvalue weighted by Gasteiger charge is 2.24. The number of nitrogens with zero attached hydrogens (tertiary/aromatic N) is 2. The minimum Gasteiger partial charge on any atom is -0.493 e. The van der Waals surface area contributed by atoms with Gasteiger partial charge in [-0.2, -0.15) is 0 Å². The Morgan fingerprint density at radius 1 is 1.08 bits per heavy atom. The van der Waals surface area contributed by atoms with Gasteiger partial charge in [-0.1, -0.05) is 30.3 Å². The van der Waals surface area contributed by atoms with E-state index in [2.05, 4.69) is 0 Å². The molecule has 0 saturated carbocycles. The van der Waals surface area contributed by atoms with E-state index in [1.807, 2.05) is 54.4 Å². The van der Waals surface area contributed by atoms with Crippen molar-refractivity contribution in [2.24, 2.45) is 0 Å². The molecule has 2 amide bonds. The third kappa shape index (κ3) is 3.71. The number of hydrogen-bond donors (Lipinski definition) is 0. The second-order valence-electron chi connectivity index (χ2n) is 6.27. The first-order valence-electron chi connectivity index (χ1n) is 8.40. The molecule has 1 aliphatic heterocycles. The van der Waals surface area contributed by atoms with Gasteiger partial charge in [0.05, 0.1) is 14.2 Å². The van der Waals surface area contributed by atoms with Crippen LogP contribution in [0.4, 0.5) is 4.79 Å². The molecular formula is C20H24N2O3. The Kier molecular flexibility index (Phi) is 5.12. The summed E-state index contributed by atoms with van der Waals surface area (Å²) < 4.78 is 10.8. The highest BCUT2D eigenvalue weighted by molar-refractivity contribution is 5.74. The molecule has 0 N–H and O–H groups in total. The van der Waals surface area contributed by atoms with Crippen molar-refractivity contribution in [3.8, 4) is 11.5 Å². The summed E-state index contributed by atoms with van der Waals surface area (Å²) in [4.78, 5) is 16.4. The predicted octanol–water partition coefficient (Wildman–Crippen LogP) is 3.31. The van der Waals surface area contributed by atoms with E-state index in [0.29, 0.717) is 25.4 Å². The Hall–Kier alpha value is -2.69. The number of ether oxygens (including phenoxy) is 2. The number of urea groups is 1. The Balaban J connectivity index is 1.72. The lowest BCUT2D eigenvalue weighted by Crippen LogP contribution is -2.43. The molecule has 0 radical (unpaired) electrons. The molecule has 0 aromatic heterocycles. The van der Waals surface area contributed by atoms with Gasteiger partial charge < -0.3 is 19.3 Å². The van der Waals surface area contributed by atoms with E-state index >= 15 is 0 Å². The fourth-order valence-corrected chi connectivity index (χ4v) is 3.21. The van der Waals surface area contributed by atoms with Crippen LogP contribution in [-0.2, 0) is 19.5 Å². The first-order chi connectivity index (χ1) is 12.1. The summed E-state index contributed by atoms with van der Waals surface area (Å²) >= 11 is 0. The molecule has 25 heavy (non-hydrogen) atoms. The maximum atomic E-state index is 12.8. The molecule has 0 saturated heterocycles. The van der Waals surface area contributed by atoms with Crippen LogP contribution in [0, 0.1) is 0 Å². The fraction of sp³-hybridized carbons (Fsp3) is 0.350. The van der Waals surface area contributed by atoms with Crippen LogP contribution in [-0.4, -0.2) is 43.6 Å². The number of methoxy groups -OCH3 is 2. The third-order valence-corrected chi connectivity index (χ3v) is 4.58. The molecule has 2 aromatic rings. The summed E-state index contributed by atoms with van der Waals surface area (Å²) in [5.74, 6) is 1.44. The van der Waals surface area contributed by atoms with E-state index in [4.69, 9.17) is 9.47 Å². The molecular weight excluding hydrogens is 316 g/mol. The molecule has 3 rings (SSSR count). The van der Waals surface area contributed by atoms with Crippen molar-refractivity contribution >= 4 is 6.03 Å². The molecule has 5 heteroatoms. The summed E-state index contributed by atoms with van der Waals surface area (Å²) in [5.41, 5.74) is 3.46. The van der Waals surface area contributed by atoms with Crippen molar-refractivity contribution in [1.29, 1.82) is 0 Å². The summed E-state index contributed by atoms with van der Waals surface area (Å²) in [6.45, 7) is 1.91. The Morgan fingerprint density at radius 2 is 1.72 bits per heavy atom. The minimum atomic E-state index is 0.0456. The maximum absolute atomic E-state index is 12.8. The Labute approximate surface area is 148 Å². The van der Waals surface area contributed by atoms with Crippen molar-refractivity contribution < 1.29 is 14.3 Å². The van der Waals surface area contributed by atoms with Crippen LogP contribution < -0.4 is 9.47 Å². The first-order valence-corrected chi connectivity index (χ1v) is 8.40. The van der Waals surface area contributed by atoms with Gasteiger partial charge in [0.2, 0.25) is 0 Å². The monoisotopic (exact) mass is 340 g/mol. The van der Waals surface area contributed by atoms with Gasteiger partial charge in [0.25, 0.3) is 0 Å². The van der Waals surface area contributed by atoms with Crippen molar-refractivity contribution in [2.75, 3.05) is 27.8 Å². The van der Waals surface area contributed by atoms with Gasteiger partial charge in [0.1, 0.15) is 0 Å². The van der Waals surface area contributed by atoms with Crippen molar-refractivity contribution in [3.05, 3.63) is 59.2 Å². The van der Waals surface area contributed by atoms with E-state index in [0.717, 1.165) is 23.3 Å². The molecule has 0 spiro atoms. The lowest BCUT2D eigenvalue weighted by molar-refractivity contribution is 0.155. The number of carbonyl (C=O) groups excluding carboxylic acids is 1. The zero-order valence-electron chi connectivity index (χ0n) is 15.0. The highest BCUT2D eigenvalue weighted by atomic mass is 16.5. The Bertz CT molecular complexity index is 746. The predicted molar refractivity (Wildman–Crippen MR) is 97.0 cm³/mol. The van der Waals surface area contributed by atoms with Crippen LogP contribution in [0.3, 0.4) is 0 Å². The zero-order valence-corrected chi connectivity index (χ0v) is 15.0. The standard InChI is InChI=1S/C20H24N2O3/c1-21(13-15-7-5-4-6-8-15)20(23)22-10-9-16-11-18(24-2)19(25-3)12-17(16)14-22/h4-8,11-12H,9-10,13-14H2,1-3H3. The van der Waals surface area contributed by atoms with Crippen LogP contribution in [0.15, 0.2) is 42.5 Å². The Morgan fingerprint density at radius 3 is 2.36 bits per heavy atom. The van der Waals surface area contributed by atoms with E-state index in [1.54, 1.807) is 19.1 Å². The first kappa shape index (κ1) is 17.1. The van der Waals surface area contributed by atoms with Crippen LogP contribution in [0.2, 0.25) is 0 Å². The van der Waals surface area contributed by atoms with Gasteiger partial charge in [0.15, 0.2) is 11.5 Å². The molecule has 0 bridgehead atoms. The van der Waals surface area contributed by atoms with E-state index in [1.165, 1.54) is 5.56 Å². The van der Waals surface area contributed by atoms with E-state index < -0.39 is 0 Å². The lowest BCUT2D eigenvalue weighted by Gasteiger charge is -2.33. The summed E-state index contributed by atoms with van der Waals surface area (Å²) in [5, 5.41) is 0. The average Bonchev–Trinajstić information content (AvgIpc) is 2.66. The number of fused-ring (bicyclic) bond motifs is 1. The van der Waals surface area contributed by atoms with Crippen LogP contribution in [0.5, 0.6) is 11.5 Å². The lowest BCUT2D eigenvalue weighted by atomic mass is 9.99. The normalized spacial score (nSPS) is 13.2. The summed E-state index contributed by atoms with van der Waals surface area (Å²) in [6, 6.07) is 14.1. The second kappa shape index (κ2) is 7.47. The van der Waals surface area contributed by atoms with E-state index in [-0.39, 0.29) is 6.03 Å². The van der Waals surface area contributed by atoms with Gasteiger partial charge in [-0.25, -0.2) is 4.79 Å². The van der Waals surface area contributed by atoms with E-state index in [9.17, 15) is 4.79 Å². The van der Waals surface area contributed by atoms with Crippen molar-refractivity contribution in [2.45, 2.75) is 19.5 Å². The molecule has 5 nitrogen and oxygen atoms in total. The molecule has 2 aromatic carbocycles. The average molecular weight is 340 g/mol. The largest absolute Gasteiger partial charge is 0.493 e. The van der Waals surface area contributed by atoms with Gasteiger partial charge in [0, 0.05) is 26.7 Å². The topological polar surface area (TPSA) is 42.0 Å². The molecule has 0 atom stereocenters. The zero-order chi connectivity index (χ0) is 17.8. The van der Waals surface area contributed by atoms with Crippen LogP contribution in [0.25, 0.3) is 0 Å². The number of carbonyl (C=O) groups is 1. The number of amides is 2. The highest BCUT2D eigenvalue weighted by Crippen LogP contribution is 2.33. The van der Waals surface area contributed by atoms with Crippen molar-refractivity contribution in [1.82, 2.24) is 9.80 Å². The van der Waals surface area contributed by atoms with Gasteiger partial charge in [-0.05, 0) is 35.2 Å². The molecule has 1 aliphatic rings. The van der Waals surface area contributed by atoms with Crippen LogP contribution in [0.1, 0.15) is 16.7 Å². The quantitative estimate of drug-likeness (QED) is 0.857. The molecule has 0 unspecified atom stereocenters. The minimum absolute atomic E-state index is 0.0456. The van der Waals surface area contributed by atoms with Gasteiger partial charge in [-0.3, -0.25) is 0 Å². The molecule has 1 heterocycles. The maximum Gasteiger partial charge on any atom is 0.320 e. The third-order valence-electron chi connectivity index (χ3n) is 4.58. The van der Waals surface area contributed by atoms with Gasteiger partial charge in [-0.15, -0.1) is 0 Å².